The van der Waals surface area contributed by atoms with E-state index >= 15 is 0 Å². The Hall–Kier alpha value is -1.36. The van der Waals surface area contributed by atoms with Crippen molar-refractivity contribution in [3.63, 3.8) is 0 Å². The minimum absolute atomic E-state index is 0.0141. The van der Waals surface area contributed by atoms with Crippen molar-refractivity contribution in [3.8, 4) is 0 Å². The molecular formula is C10H15N3O2. The number of nitrogens with zero attached hydrogens (tertiary/aromatic N) is 1. The molecule has 1 aromatic heterocycles. The van der Waals surface area contributed by atoms with Crippen LogP contribution in [0.2, 0.25) is 0 Å². The van der Waals surface area contributed by atoms with Crippen molar-refractivity contribution in [1.29, 1.82) is 0 Å². The number of amides is 1. The molecule has 0 atom stereocenters. The first-order valence-electron chi connectivity index (χ1n) is 4.99. The van der Waals surface area contributed by atoms with Crippen molar-refractivity contribution >= 4 is 5.91 Å². The van der Waals surface area contributed by atoms with E-state index in [2.05, 4.69) is 29.1 Å². The molecule has 0 saturated heterocycles. The smallest absolute Gasteiger partial charge is 0.271 e. The fraction of sp³-hybridized carbons (Fsp3) is 0.600. The number of carbonyl (C=O) groups is 1. The number of fused-ring (bicyclic) bond motifs is 1. The maximum Gasteiger partial charge on any atom is 0.271 e. The number of H-pyrrole nitrogens is 1. The highest BCUT2D eigenvalue weighted by Crippen LogP contribution is 2.24. The van der Waals surface area contributed by atoms with E-state index in [-0.39, 0.29) is 17.9 Å². The van der Waals surface area contributed by atoms with Gasteiger partial charge >= 0.3 is 0 Å². The van der Waals surface area contributed by atoms with Crippen LogP contribution < -0.4 is 5.32 Å². The van der Waals surface area contributed by atoms with Gasteiger partial charge in [0.05, 0.1) is 0 Å². The van der Waals surface area contributed by atoms with Crippen LogP contribution in [0, 0.1) is 5.41 Å². The molecular weight excluding hydrogens is 194 g/mol. The van der Waals surface area contributed by atoms with Crippen molar-refractivity contribution in [2.24, 2.45) is 5.41 Å². The highest BCUT2D eigenvalue weighted by molar-refractivity contribution is 5.93. The van der Waals surface area contributed by atoms with E-state index in [1.807, 2.05) is 0 Å². The van der Waals surface area contributed by atoms with Crippen LogP contribution in [-0.2, 0) is 13.0 Å². The number of imidazole rings is 1. The van der Waals surface area contributed by atoms with Crippen LogP contribution in [0.5, 0.6) is 0 Å². The molecule has 5 heteroatoms. The molecule has 2 rings (SSSR count). The second-order valence-electron chi connectivity index (χ2n) is 4.69. The molecule has 0 aromatic carbocycles. The SMILES string of the molecule is CC1(C)CNC(=O)c2nc(CO)[nH]c2C1. The maximum atomic E-state index is 11.6. The van der Waals surface area contributed by atoms with Gasteiger partial charge in [0.1, 0.15) is 18.1 Å². The van der Waals surface area contributed by atoms with Gasteiger partial charge in [-0.3, -0.25) is 4.79 Å². The van der Waals surface area contributed by atoms with E-state index in [0.29, 0.717) is 18.1 Å². The van der Waals surface area contributed by atoms with Crippen molar-refractivity contribution in [2.45, 2.75) is 26.9 Å². The Bertz CT molecular complexity index is 395. The minimum atomic E-state index is -0.166. The molecule has 15 heavy (non-hydrogen) atoms. The molecule has 0 radical (unpaired) electrons. The Morgan fingerprint density at radius 1 is 1.53 bits per heavy atom. The van der Waals surface area contributed by atoms with E-state index in [0.717, 1.165) is 12.1 Å². The summed E-state index contributed by atoms with van der Waals surface area (Å²) in [6, 6.07) is 0. The second-order valence-corrected chi connectivity index (χ2v) is 4.69. The molecule has 3 N–H and O–H groups in total. The van der Waals surface area contributed by atoms with E-state index in [9.17, 15) is 4.79 Å². The normalized spacial score (nSPS) is 19.3. The number of aliphatic hydroxyl groups excluding tert-OH is 1. The predicted molar refractivity (Wildman–Crippen MR) is 54.3 cm³/mol. The lowest BCUT2D eigenvalue weighted by atomic mass is 9.88. The van der Waals surface area contributed by atoms with Gasteiger partial charge in [0.15, 0.2) is 0 Å². The van der Waals surface area contributed by atoms with Crippen molar-refractivity contribution in [1.82, 2.24) is 15.3 Å². The Kier molecular flexibility index (Phi) is 2.26. The van der Waals surface area contributed by atoms with Crippen LogP contribution in [0.3, 0.4) is 0 Å². The highest BCUT2D eigenvalue weighted by atomic mass is 16.3. The third-order valence-corrected chi connectivity index (χ3v) is 2.58. The number of aromatic nitrogens is 2. The summed E-state index contributed by atoms with van der Waals surface area (Å²) >= 11 is 0. The molecule has 1 amide bonds. The summed E-state index contributed by atoms with van der Waals surface area (Å²) in [6.07, 6.45) is 0.758. The number of hydrogen-bond donors (Lipinski definition) is 3. The van der Waals surface area contributed by atoms with Gasteiger partial charge in [-0.1, -0.05) is 13.8 Å². The fourth-order valence-corrected chi connectivity index (χ4v) is 1.80. The Morgan fingerprint density at radius 3 is 2.93 bits per heavy atom. The first-order chi connectivity index (χ1) is 7.02. The number of carbonyl (C=O) groups excluding carboxylic acids is 1. The zero-order valence-corrected chi connectivity index (χ0v) is 8.92. The van der Waals surface area contributed by atoms with Crippen LogP contribution in [0.4, 0.5) is 0 Å². The lowest BCUT2D eigenvalue weighted by molar-refractivity contribution is 0.0940. The first kappa shape index (κ1) is 10.2. The lowest BCUT2D eigenvalue weighted by Crippen LogP contribution is -2.32. The number of aliphatic hydroxyl groups is 1. The topological polar surface area (TPSA) is 78.0 Å². The number of aromatic amines is 1. The van der Waals surface area contributed by atoms with Gasteiger partial charge in [0.25, 0.3) is 5.91 Å². The summed E-state index contributed by atoms with van der Waals surface area (Å²) in [5.41, 5.74) is 1.25. The third kappa shape index (κ3) is 1.87. The standard InChI is InChI=1S/C10H15N3O2/c1-10(2)3-6-8(9(15)11-5-10)13-7(4-14)12-6/h14H,3-5H2,1-2H3,(H,11,15)(H,12,13). The molecule has 2 heterocycles. The molecule has 0 fully saturated rings. The summed E-state index contributed by atoms with van der Waals surface area (Å²) in [5.74, 6) is 0.291. The molecule has 0 spiro atoms. The van der Waals surface area contributed by atoms with E-state index in [1.54, 1.807) is 0 Å². The van der Waals surface area contributed by atoms with E-state index in [4.69, 9.17) is 5.11 Å². The molecule has 1 aromatic rings. The molecule has 0 unspecified atom stereocenters. The summed E-state index contributed by atoms with van der Waals surface area (Å²) in [4.78, 5) is 18.7. The van der Waals surface area contributed by atoms with Crippen LogP contribution in [0.1, 0.15) is 35.9 Å². The molecule has 1 aliphatic rings. The summed E-state index contributed by atoms with van der Waals surface area (Å²) in [5, 5.41) is 11.8. The summed E-state index contributed by atoms with van der Waals surface area (Å²) in [7, 11) is 0. The van der Waals surface area contributed by atoms with Gasteiger partial charge in [-0.2, -0.15) is 0 Å². The van der Waals surface area contributed by atoms with Gasteiger partial charge in [0, 0.05) is 12.2 Å². The van der Waals surface area contributed by atoms with Gasteiger partial charge in [0.2, 0.25) is 0 Å². The number of nitrogens with one attached hydrogen (secondary N) is 2. The predicted octanol–water partition coefficient (Wildman–Crippen LogP) is 0.214. The van der Waals surface area contributed by atoms with Crippen LogP contribution in [0.15, 0.2) is 0 Å². The lowest BCUT2D eigenvalue weighted by Gasteiger charge is -2.21. The van der Waals surface area contributed by atoms with Gasteiger partial charge < -0.3 is 15.4 Å². The summed E-state index contributed by atoms with van der Waals surface area (Å²) in [6.45, 7) is 4.65. The Morgan fingerprint density at radius 2 is 2.27 bits per heavy atom. The Labute approximate surface area is 87.9 Å². The molecule has 5 nitrogen and oxygen atoms in total. The van der Waals surface area contributed by atoms with Crippen molar-refractivity contribution in [2.75, 3.05) is 6.54 Å². The maximum absolute atomic E-state index is 11.6. The number of rotatable bonds is 1. The van der Waals surface area contributed by atoms with Gasteiger partial charge in [-0.15, -0.1) is 0 Å². The molecule has 1 aliphatic heterocycles. The zero-order valence-electron chi connectivity index (χ0n) is 8.92. The molecule has 82 valence electrons. The van der Waals surface area contributed by atoms with Crippen LogP contribution >= 0.6 is 0 Å². The van der Waals surface area contributed by atoms with Crippen molar-refractivity contribution in [3.05, 3.63) is 17.2 Å². The molecule has 0 aliphatic carbocycles. The van der Waals surface area contributed by atoms with E-state index < -0.39 is 0 Å². The first-order valence-corrected chi connectivity index (χ1v) is 4.99. The molecule has 0 saturated carbocycles. The summed E-state index contributed by atoms with van der Waals surface area (Å²) < 4.78 is 0. The minimum Gasteiger partial charge on any atom is -0.388 e. The average Bonchev–Trinajstić information content (AvgIpc) is 2.52. The highest BCUT2D eigenvalue weighted by Gasteiger charge is 2.29. The van der Waals surface area contributed by atoms with E-state index in [1.165, 1.54) is 0 Å². The number of hydrogen-bond acceptors (Lipinski definition) is 3. The average molecular weight is 209 g/mol. The van der Waals surface area contributed by atoms with Crippen LogP contribution in [-0.4, -0.2) is 27.5 Å². The zero-order chi connectivity index (χ0) is 11.1. The quantitative estimate of drug-likeness (QED) is 0.619. The second kappa shape index (κ2) is 3.34. The molecule has 0 bridgehead atoms. The largest absolute Gasteiger partial charge is 0.388 e. The monoisotopic (exact) mass is 209 g/mol. The van der Waals surface area contributed by atoms with Gasteiger partial charge in [-0.25, -0.2) is 4.98 Å². The van der Waals surface area contributed by atoms with Crippen LogP contribution in [0.25, 0.3) is 0 Å². The fourth-order valence-electron chi connectivity index (χ4n) is 1.80. The van der Waals surface area contributed by atoms with Crippen molar-refractivity contribution < 1.29 is 9.90 Å². The van der Waals surface area contributed by atoms with Gasteiger partial charge in [-0.05, 0) is 11.8 Å². The Balaban J connectivity index is 2.42. The third-order valence-electron chi connectivity index (χ3n) is 2.58.